The summed E-state index contributed by atoms with van der Waals surface area (Å²) in [6.45, 7) is 7.27. The minimum absolute atomic E-state index is 1.22. The van der Waals surface area contributed by atoms with Gasteiger partial charge in [-0.05, 0) is 10.8 Å². The van der Waals surface area contributed by atoms with E-state index in [1.54, 1.807) is 5.19 Å². The fraction of sp³-hybridized carbons (Fsp3) is 0.375. The van der Waals surface area contributed by atoms with Crippen LogP contribution in [-0.4, -0.2) is 8.07 Å². The van der Waals surface area contributed by atoms with Gasteiger partial charge in [0.1, 0.15) is 0 Å². The van der Waals surface area contributed by atoms with Gasteiger partial charge >= 0.3 is 0 Å². The maximum absolute atomic E-state index is 2.49. The molecular weight excluding hydrogens is 220 g/mol. The van der Waals surface area contributed by atoms with Gasteiger partial charge in [-0.3, -0.25) is 0 Å². The van der Waals surface area contributed by atoms with Gasteiger partial charge in [-0.15, -0.1) is 0 Å². The molecule has 0 amide bonds. The van der Waals surface area contributed by atoms with E-state index in [-0.39, 0.29) is 0 Å². The fourth-order valence-electron chi connectivity index (χ4n) is 2.37. The second-order valence-corrected chi connectivity index (χ2v) is 10.4. The molecule has 1 heteroatoms. The van der Waals surface area contributed by atoms with E-state index in [0.717, 1.165) is 0 Å². The molecule has 0 N–H and O–H groups in total. The van der Waals surface area contributed by atoms with Crippen LogP contribution in [0.15, 0.2) is 42.5 Å². The predicted octanol–water partition coefficient (Wildman–Crippen LogP) is 4.56. The molecule has 2 rings (SSSR count). The van der Waals surface area contributed by atoms with Crippen molar-refractivity contribution in [1.82, 2.24) is 0 Å². The molecule has 0 atom stereocenters. The Bertz CT molecular complexity index is 500. The quantitative estimate of drug-likeness (QED) is 0.690. The summed E-state index contributed by atoms with van der Waals surface area (Å²) in [6, 6.07) is 17.1. The van der Waals surface area contributed by atoms with Crippen molar-refractivity contribution in [2.24, 2.45) is 0 Å². The minimum Gasteiger partial charge on any atom is -0.0654 e. The Balaban J connectivity index is 2.35. The molecule has 2 aromatic rings. The standard InChI is InChI=1S/C16H22Si/c1-4-5-12-17(2,3)16-11-10-14-8-6-7-9-15(14)13-16/h6-11,13H,4-5,12H2,1-3H3. The SMILES string of the molecule is CCCC[Si](C)(C)c1ccc2ccccc2c1. The molecule has 0 aliphatic heterocycles. The molecule has 90 valence electrons. The fourth-order valence-corrected chi connectivity index (χ4v) is 4.98. The maximum Gasteiger partial charge on any atom is 0.0806 e. The summed E-state index contributed by atoms with van der Waals surface area (Å²) in [4.78, 5) is 0. The summed E-state index contributed by atoms with van der Waals surface area (Å²) in [5, 5.41) is 4.35. The Hall–Kier alpha value is -1.08. The van der Waals surface area contributed by atoms with Gasteiger partial charge in [0.15, 0.2) is 0 Å². The Labute approximate surface area is 106 Å². The first-order valence-corrected chi connectivity index (χ1v) is 9.83. The Morgan fingerprint density at radius 2 is 1.65 bits per heavy atom. The molecule has 0 aromatic heterocycles. The van der Waals surface area contributed by atoms with Crippen LogP contribution in [-0.2, 0) is 0 Å². The number of unbranched alkanes of at least 4 members (excludes halogenated alkanes) is 1. The summed E-state index contributed by atoms with van der Waals surface area (Å²) < 4.78 is 0. The van der Waals surface area contributed by atoms with E-state index in [1.165, 1.54) is 29.7 Å². The van der Waals surface area contributed by atoms with Crippen LogP contribution in [0.2, 0.25) is 19.1 Å². The third kappa shape index (κ3) is 2.78. The highest BCUT2D eigenvalue weighted by Crippen LogP contribution is 2.18. The van der Waals surface area contributed by atoms with Crippen LogP contribution in [0.1, 0.15) is 19.8 Å². The highest BCUT2D eigenvalue weighted by molar-refractivity contribution is 6.89. The highest BCUT2D eigenvalue weighted by Gasteiger charge is 2.22. The number of hydrogen-bond acceptors (Lipinski definition) is 0. The molecule has 0 saturated heterocycles. The van der Waals surface area contributed by atoms with Crippen molar-refractivity contribution in [3.8, 4) is 0 Å². The summed E-state index contributed by atoms with van der Waals surface area (Å²) >= 11 is 0. The van der Waals surface area contributed by atoms with E-state index >= 15 is 0 Å². The minimum atomic E-state index is -1.22. The molecule has 0 heterocycles. The zero-order valence-electron chi connectivity index (χ0n) is 11.2. The van der Waals surface area contributed by atoms with E-state index in [0.29, 0.717) is 0 Å². The zero-order valence-corrected chi connectivity index (χ0v) is 12.2. The normalized spacial score (nSPS) is 11.9. The Kier molecular flexibility index (Phi) is 3.68. The second kappa shape index (κ2) is 5.05. The lowest BCUT2D eigenvalue weighted by molar-refractivity contribution is 0.870. The third-order valence-corrected chi connectivity index (χ3v) is 7.16. The average molecular weight is 242 g/mol. The van der Waals surface area contributed by atoms with Gasteiger partial charge in [0.05, 0.1) is 8.07 Å². The molecule has 0 spiro atoms. The lowest BCUT2D eigenvalue weighted by Gasteiger charge is -2.23. The van der Waals surface area contributed by atoms with Crippen LogP contribution in [0, 0.1) is 0 Å². The van der Waals surface area contributed by atoms with Crippen molar-refractivity contribution in [2.75, 3.05) is 0 Å². The van der Waals surface area contributed by atoms with E-state index in [1.807, 2.05) is 0 Å². The molecule has 0 aliphatic carbocycles. The van der Waals surface area contributed by atoms with Gasteiger partial charge in [0, 0.05) is 0 Å². The molecule has 0 fully saturated rings. The van der Waals surface area contributed by atoms with E-state index in [9.17, 15) is 0 Å². The molecule has 0 saturated carbocycles. The lowest BCUT2D eigenvalue weighted by Crippen LogP contribution is -2.40. The smallest absolute Gasteiger partial charge is 0.0654 e. The third-order valence-electron chi connectivity index (χ3n) is 3.69. The molecule has 0 aliphatic rings. The van der Waals surface area contributed by atoms with Gasteiger partial charge in [-0.1, -0.05) is 86.6 Å². The lowest BCUT2D eigenvalue weighted by atomic mass is 10.1. The van der Waals surface area contributed by atoms with Gasteiger partial charge in [0.25, 0.3) is 0 Å². The maximum atomic E-state index is 2.49. The van der Waals surface area contributed by atoms with Gasteiger partial charge < -0.3 is 0 Å². The molecule has 0 nitrogen and oxygen atoms in total. The van der Waals surface area contributed by atoms with Crippen LogP contribution in [0.4, 0.5) is 0 Å². The van der Waals surface area contributed by atoms with E-state index < -0.39 is 8.07 Å². The molecule has 0 unspecified atom stereocenters. The predicted molar refractivity (Wildman–Crippen MR) is 80.8 cm³/mol. The Morgan fingerprint density at radius 3 is 2.35 bits per heavy atom. The van der Waals surface area contributed by atoms with Crippen molar-refractivity contribution in [1.29, 1.82) is 0 Å². The van der Waals surface area contributed by atoms with Gasteiger partial charge in [-0.25, -0.2) is 0 Å². The molecular formula is C16H22Si. The van der Waals surface area contributed by atoms with E-state index in [2.05, 4.69) is 62.5 Å². The molecule has 2 aromatic carbocycles. The van der Waals surface area contributed by atoms with Crippen LogP contribution < -0.4 is 5.19 Å². The monoisotopic (exact) mass is 242 g/mol. The van der Waals surface area contributed by atoms with E-state index in [4.69, 9.17) is 0 Å². The first-order valence-electron chi connectivity index (χ1n) is 6.63. The molecule has 0 bridgehead atoms. The Morgan fingerprint density at radius 1 is 0.941 bits per heavy atom. The first kappa shape index (κ1) is 12.4. The van der Waals surface area contributed by atoms with Crippen molar-refractivity contribution in [2.45, 2.75) is 38.9 Å². The number of fused-ring (bicyclic) bond motifs is 1. The number of benzene rings is 2. The average Bonchev–Trinajstić information content (AvgIpc) is 2.36. The van der Waals surface area contributed by atoms with Crippen LogP contribution >= 0.6 is 0 Å². The van der Waals surface area contributed by atoms with Crippen molar-refractivity contribution < 1.29 is 0 Å². The molecule has 0 radical (unpaired) electrons. The van der Waals surface area contributed by atoms with Crippen molar-refractivity contribution in [3.05, 3.63) is 42.5 Å². The summed E-state index contributed by atoms with van der Waals surface area (Å²) in [5.74, 6) is 0. The second-order valence-electron chi connectivity index (χ2n) is 5.55. The molecule has 17 heavy (non-hydrogen) atoms. The largest absolute Gasteiger partial charge is 0.0806 e. The number of hydrogen-bond donors (Lipinski definition) is 0. The zero-order chi connectivity index (χ0) is 12.3. The highest BCUT2D eigenvalue weighted by atomic mass is 28.3. The summed E-state index contributed by atoms with van der Waals surface area (Å²) in [7, 11) is -1.22. The summed E-state index contributed by atoms with van der Waals surface area (Å²) in [6.07, 6.45) is 2.68. The van der Waals surface area contributed by atoms with Crippen LogP contribution in [0.3, 0.4) is 0 Å². The van der Waals surface area contributed by atoms with Gasteiger partial charge in [-0.2, -0.15) is 0 Å². The summed E-state index contributed by atoms with van der Waals surface area (Å²) in [5.41, 5.74) is 0. The topological polar surface area (TPSA) is 0 Å². The number of rotatable bonds is 4. The van der Waals surface area contributed by atoms with Crippen molar-refractivity contribution in [3.63, 3.8) is 0 Å². The first-order chi connectivity index (χ1) is 8.13. The van der Waals surface area contributed by atoms with Crippen LogP contribution in [0.5, 0.6) is 0 Å². The van der Waals surface area contributed by atoms with Gasteiger partial charge in [0.2, 0.25) is 0 Å². The van der Waals surface area contributed by atoms with Crippen molar-refractivity contribution >= 4 is 24.0 Å². The van der Waals surface area contributed by atoms with Crippen LogP contribution in [0.25, 0.3) is 10.8 Å².